The molecule has 72 valence electrons. The Kier molecular flexibility index (Phi) is 9.70. The van der Waals surface area contributed by atoms with Crippen LogP contribution in [0.1, 0.15) is 14.3 Å². The average Bonchev–Trinajstić information content (AvgIpc) is 1.97. The van der Waals surface area contributed by atoms with Crippen LogP contribution in [-0.2, 0) is 4.79 Å². The van der Waals surface area contributed by atoms with E-state index >= 15 is 0 Å². The van der Waals surface area contributed by atoms with Crippen LogP contribution in [0, 0.1) is 0 Å². The number of nitrogens with one attached hydrogen (secondary N) is 1. The minimum atomic E-state index is -1.03. The van der Waals surface area contributed by atoms with Crippen molar-refractivity contribution >= 4 is 12.0 Å². The zero-order chi connectivity index (χ0) is 9.56. The molecule has 0 saturated carbocycles. The van der Waals surface area contributed by atoms with Gasteiger partial charge in [0.15, 0.2) is 0 Å². The third-order valence-corrected chi connectivity index (χ3v) is 1.31. The number of urea groups is 1. The molecule has 0 fully saturated rings. The van der Waals surface area contributed by atoms with Gasteiger partial charge in [0, 0.05) is 6.54 Å². The van der Waals surface area contributed by atoms with E-state index in [1.54, 1.807) is 0 Å². The maximum absolute atomic E-state index is 10.2. The number of carboxylic acid groups (broad SMARTS) is 1. The summed E-state index contributed by atoms with van der Waals surface area (Å²) in [6.07, 6.45) is 0.839. The van der Waals surface area contributed by atoms with Gasteiger partial charge in [-0.15, -0.1) is 0 Å². The van der Waals surface area contributed by atoms with Crippen molar-refractivity contribution in [2.45, 2.75) is 18.9 Å². The van der Waals surface area contributed by atoms with Crippen molar-refractivity contribution in [3.05, 3.63) is 0 Å². The van der Waals surface area contributed by atoms with Crippen molar-refractivity contribution in [2.24, 2.45) is 11.5 Å². The van der Waals surface area contributed by atoms with Crippen molar-refractivity contribution in [1.82, 2.24) is 5.32 Å². The van der Waals surface area contributed by atoms with Gasteiger partial charge in [0.2, 0.25) is 0 Å². The summed E-state index contributed by atoms with van der Waals surface area (Å²) in [6.45, 7) is 0.357. The Balaban J connectivity index is -0.000000605. The Morgan fingerprint density at radius 1 is 1.54 bits per heavy atom. The Bertz CT molecular complexity index is 182. The number of rotatable bonds is 5. The quantitative estimate of drug-likeness (QED) is 0.266. The first-order valence-electron chi connectivity index (χ1n) is 3.55. The number of nitrogens with two attached hydrogens (primary N) is 2. The summed E-state index contributed by atoms with van der Waals surface area (Å²) >= 11 is 0. The summed E-state index contributed by atoms with van der Waals surface area (Å²) < 4.78 is 0. The third kappa shape index (κ3) is 9.62. The SMILES string of the molecule is NC(=O)NCCCC(N)C(=O)O.[H-].[Na+]. The van der Waals surface area contributed by atoms with E-state index < -0.39 is 18.0 Å². The van der Waals surface area contributed by atoms with Gasteiger partial charge in [-0.25, -0.2) is 4.79 Å². The molecule has 0 radical (unpaired) electrons. The van der Waals surface area contributed by atoms with Crippen LogP contribution in [0.2, 0.25) is 0 Å². The summed E-state index contributed by atoms with van der Waals surface area (Å²) in [5.74, 6) is -1.03. The molecule has 0 aliphatic rings. The molecule has 13 heavy (non-hydrogen) atoms. The zero-order valence-electron chi connectivity index (χ0n) is 8.62. The van der Waals surface area contributed by atoms with Crippen molar-refractivity contribution in [1.29, 1.82) is 0 Å². The number of carbonyl (C=O) groups is 2. The molecular formula is C6H14N3NaO3. The molecule has 0 bridgehead atoms. The van der Waals surface area contributed by atoms with Crippen LogP contribution in [0.5, 0.6) is 0 Å². The summed E-state index contributed by atoms with van der Waals surface area (Å²) in [4.78, 5) is 20.3. The van der Waals surface area contributed by atoms with E-state index in [0.717, 1.165) is 0 Å². The van der Waals surface area contributed by atoms with Crippen molar-refractivity contribution in [2.75, 3.05) is 6.54 Å². The molecule has 0 aromatic heterocycles. The molecule has 0 heterocycles. The molecule has 1 atom stereocenters. The van der Waals surface area contributed by atoms with Crippen molar-refractivity contribution in [3.8, 4) is 0 Å². The second-order valence-corrected chi connectivity index (χ2v) is 2.38. The van der Waals surface area contributed by atoms with Gasteiger partial charge in [-0.3, -0.25) is 4.79 Å². The standard InChI is InChI=1S/C6H13N3O3.Na.H/c7-4(5(10)11)2-1-3-9-6(8)12;;/h4H,1-3,7H2,(H,10,11)(H3,8,9,12);;/q;+1;-1. The Hall–Kier alpha value is -0.300. The molecular weight excluding hydrogens is 185 g/mol. The van der Waals surface area contributed by atoms with Gasteiger partial charge in [0.25, 0.3) is 0 Å². The molecule has 6 nitrogen and oxygen atoms in total. The fourth-order valence-electron chi connectivity index (χ4n) is 0.657. The Morgan fingerprint density at radius 2 is 2.08 bits per heavy atom. The van der Waals surface area contributed by atoms with Crippen LogP contribution in [0.3, 0.4) is 0 Å². The number of aliphatic carboxylic acids is 1. The molecule has 6 N–H and O–H groups in total. The van der Waals surface area contributed by atoms with Crippen molar-refractivity contribution < 1.29 is 45.7 Å². The van der Waals surface area contributed by atoms with Crippen LogP contribution >= 0.6 is 0 Å². The van der Waals surface area contributed by atoms with Crippen LogP contribution in [0.25, 0.3) is 0 Å². The zero-order valence-corrected chi connectivity index (χ0v) is 9.62. The first-order chi connectivity index (χ1) is 5.54. The van der Waals surface area contributed by atoms with Gasteiger partial charge in [0.05, 0.1) is 0 Å². The van der Waals surface area contributed by atoms with E-state index in [2.05, 4.69) is 5.32 Å². The topological polar surface area (TPSA) is 118 Å². The second kappa shape index (κ2) is 8.31. The van der Waals surface area contributed by atoms with E-state index in [1.165, 1.54) is 0 Å². The molecule has 7 heteroatoms. The summed E-state index contributed by atoms with van der Waals surface area (Å²) in [6, 6.07) is -1.47. The van der Waals surface area contributed by atoms with Crippen LogP contribution in [0.15, 0.2) is 0 Å². The van der Waals surface area contributed by atoms with E-state index in [1.807, 2.05) is 0 Å². The summed E-state index contributed by atoms with van der Waals surface area (Å²) in [5.41, 5.74) is 9.96. The second-order valence-electron chi connectivity index (χ2n) is 2.38. The molecule has 0 spiro atoms. The first-order valence-corrected chi connectivity index (χ1v) is 3.55. The number of hydrogen-bond donors (Lipinski definition) is 4. The molecule has 0 aromatic carbocycles. The molecule has 2 amide bonds. The number of hydrogen-bond acceptors (Lipinski definition) is 3. The van der Waals surface area contributed by atoms with E-state index in [0.29, 0.717) is 19.4 Å². The molecule has 0 saturated heterocycles. The monoisotopic (exact) mass is 199 g/mol. The average molecular weight is 199 g/mol. The first kappa shape index (κ1) is 15.2. The molecule has 1 unspecified atom stereocenters. The molecule has 0 rings (SSSR count). The minimum absolute atomic E-state index is 0. The predicted molar refractivity (Wildman–Crippen MR) is 43.5 cm³/mol. The Labute approximate surface area is 99.8 Å². The van der Waals surface area contributed by atoms with Crippen LogP contribution in [0.4, 0.5) is 4.79 Å². The van der Waals surface area contributed by atoms with Gasteiger partial charge in [-0.1, -0.05) is 0 Å². The largest absolute Gasteiger partial charge is 1.00 e. The van der Waals surface area contributed by atoms with E-state index in [-0.39, 0.29) is 31.0 Å². The third-order valence-electron chi connectivity index (χ3n) is 1.31. The summed E-state index contributed by atoms with van der Waals surface area (Å²) in [7, 11) is 0. The van der Waals surface area contributed by atoms with Gasteiger partial charge < -0.3 is 23.3 Å². The van der Waals surface area contributed by atoms with E-state index in [9.17, 15) is 9.59 Å². The number of primary amides is 1. The summed E-state index contributed by atoms with van der Waals surface area (Å²) in [5, 5.41) is 10.7. The van der Waals surface area contributed by atoms with Gasteiger partial charge in [-0.2, -0.15) is 0 Å². The van der Waals surface area contributed by atoms with Crippen LogP contribution in [-0.4, -0.2) is 29.7 Å². The number of amides is 2. The van der Waals surface area contributed by atoms with Crippen LogP contribution < -0.4 is 46.3 Å². The normalized spacial score (nSPS) is 11.2. The maximum atomic E-state index is 10.2. The fourth-order valence-corrected chi connectivity index (χ4v) is 0.657. The smallest absolute Gasteiger partial charge is 1.00 e. The Morgan fingerprint density at radius 3 is 2.46 bits per heavy atom. The predicted octanol–water partition coefficient (Wildman–Crippen LogP) is -4.04. The van der Waals surface area contributed by atoms with Gasteiger partial charge in [-0.05, 0) is 12.8 Å². The maximum Gasteiger partial charge on any atom is 1.00 e. The molecule has 0 aromatic rings. The van der Waals surface area contributed by atoms with E-state index in [4.69, 9.17) is 16.6 Å². The fraction of sp³-hybridized carbons (Fsp3) is 0.667. The number of carbonyl (C=O) groups excluding carboxylic acids is 1. The van der Waals surface area contributed by atoms with Gasteiger partial charge in [0.1, 0.15) is 6.04 Å². The molecule has 0 aliphatic heterocycles. The van der Waals surface area contributed by atoms with Gasteiger partial charge >= 0.3 is 41.6 Å². The van der Waals surface area contributed by atoms with Crippen molar-refractivity contribution in [3.63, 3.8) is 0 Å². The molecule has 0 aliphatic carbocycles. The number of carboxylic acids is 1. The minimum Gasteiger partial charge on any atom is -1.00 e.